The standard InChI is InChI=1S/C10H15NO2/c12-8-5-4-7-2-1-3-10(11-13)9(7)6-8/h5,7,9-10,12H,1-4,6H2/t7-,9?,10-/m1/s1. The van der Waals surface area contributed by atoms with Gasteiger partial charge < -0.3 is 5.11 Å². The van der Waals surface area contributed by atoms with Crippen molar-refractivity contribution >= 4 is 0 Å². The van der Waals surface area contributed by atoms with Crippen molar-refractivity contribution in [2.75, 3.05) is 0 Å². The zero-order chi connectivity index (χ0) is 9.26. The number of aliphatic hydroxyl groups excluding tert-OH is 1. The number of fused-ring (bicyclic) bond motifs is 1. The topological polar surface area (TPSA) is 49.7 Å². The monoisotopic (exact) mass is 181 g/mol. The van der Waals surface area contributed by atoms with Crippen LogP contribution >= 0.6 is 0 Å². The molecule has 3 nitrogen and oxygen atoms in total. The van der Waals surface area contributed by atoms with Crippen LogP contribution in [0.3, 0.4) is 0 Å². The Bertz CT molecular complexity index is 237. The molecule has 0 bridgehead atoms. The summed E-state index contributed by atoms with van der Waals surface area (Å²) < 4.78 is 0. The first-order valence-electron chi connectivity index (χ1n) is 5.01. The molecule has 0 radical (unpaired) electrons. The van der Waals surface area contributed by atoms with Gasteiger partial charge in [0, 0.05) is 6.42 Å². The number of allylic oxidation sites excluding steroid dienone is 2. The molecule has 0 aromatic rings. The minimum Gasteiger partial charge on any atom is -0.513 e. The fourth-order valence-electron chi connectivity index (χ4n) is 2.67. The molecular formula is C10H15NO2. The molecular weight excluding hydrogens is 166 g/mol. The zero-order valence-electron chi connectivity index (χ0n) is 7.65. The molecule has 0 aliphatic heterocycles. The molecule has 1 N–H and O–H groups in total. The molecule has 0 aromatic heterocycles. The molecule has 3 heteroatoms. The van der Waals surface area contributed by atoms with Crippen molar-refractivity contribution in [3.8, 4) is 0 Å². The van der Waals surface area contributed by atoms with Gasteiger partial charge in [-0.05, 0) is 37.2 Å². The van der Waals surface area contributed by atoms with Gasteiger partial charge in [0.2, 0.25) is 0 Å². The third kappa shape index (κ3) is 1.60. The first-order valence-corrected chi connectivity index (χ1v) is 5.01. The van der Waals surface area contributed by atoms with E-state index < -0.39 is 0 Å². The molecule has 13 heavy (non-hydrogen) atoms. The number of aliphatic hydroxyl groups is 1. The zero-order valence-corrected chi connectivity index (χ0v) is 7.65. The van der Waals surface area contributed by atoms with Crippen LogP contribution in [0.5, 0.6) is 0 Å². The fraction of sp³-hybridized carbons (Fsp3) is 0.800. The lowest BCUT2D eigenvalue weighted by Gasteiger charge is -2.36. The minimum absolute atomic E-state index is 0.0467. The van der Waals surface area contributed by atoms with Crippen molar-refractivity contribution in [3.63, 3.8) is 0 Å². The van der Waals surface area contributed by atoms with Crippen LogP contribution in [-0.4, -0.2) is 11.1 Å². The summed E-state index contributed by atoms with van der Waals surface area (Å²) in [5.74, 6) is 1.36. The molecule has 2 aliphatic rings. The Morgan fingerprint density at radius 2 is 2.31 bits per heavy atom. The summed E-state index contributed by atoms with van der Waals surface area (Å²) in [6, 6.07) is -0.0467. The predicted molar refractivity (Wildman–Crippen MR) is 50.4 cm³/mol. The van der Waals surface area contributed by atoms with E-state index in [2.05, 4.69) is 5.18 Å². The number of hydrogen-bond donors (Lipinski definition) is 1. The van der Waals surface area contributed by atoms with E-state index in [0.717, 1.165) is 19.3 Å². The first kappa shape index (κ1) is 8.73. The maximum Gasteiger partial charge on any atom is 0.0954 e. The van der Waals surface area contributed by atoms with Gasteiger partial charge in [-0.2, -0.15) is 4.91 Å². The minimum atomic E-state index is -0.0467. The summed E-state index contributed by atoms with van der Waals surface area (Å²) in [7, 11) is 0. The van der Waals surface area contributed by atoms with Crippen LogP contribution in [0, 0.1) is 16.7 Å². The van der Waals surface area contributed by atoms with Crippen molar-refractivity contribution in [1.29, 1.82) is 0 Å². The van der Waals surface area contributed by atoms with Crippen LogP contribution in [0.4, 0.5) is 0 Å². The van der Waals surface area contributed by atoms with E-state index in [1.165, 1.54) is 6.42 Å². The second kappa shape index (κ2) is 3.48. The van der Waals surface area contributed by atoms with Crippen molar-refractivity contribution in [1.82, 2.24) is 0 Å². The average Bonchev–Trinajstić information content (AvgIpc) is 2.17. The molecule has 1 unspecified atom stereocenters. The second-order valence-corrected chi connectivity index (χ2v) is 4.16. The quantitative estimate of drug-likeness (QED) is 0.632. The largest absolute Gasteiger partial charge is 0.513 e. The van der Waals surface area contributed by atoms with Gasteiger partial charge in [-0.15, -0.1) is 0 Å². The highest BCUT2D eigenvalue weighted by Crippen LogP contribution is 2.40. The van der Waals surface area contributed by atoms with Crippen molar-refractivity contribution in [2.45, 2.75) is 38.1 Å². The van der Waals surface area contributed by atoms with E-state index in [-0.39, 0.29) is 6.04 Å². The number of nitroso groups, excluding NO2 is 1. The number of hydrogen-bond acceptors (Lipinski definition) is 3. The SMILES string of the molecule is O=N[C@@H]1CCC[C@@H]2CC=C(O)CC21. The lowest BCUT2D eigenvalue weighted by Crippen LogP contribution is -2.33. The van der Waals surface area contributed by atoms with Crippen LogP contribution in [0.1, 0.15) is 32.1 Å². The summed E-state index contributed by atoms with van der Waals surface area (Å²) in [4.78, 5) is 10.6. The first-order chi connectivity index (χ1) is 6.31. The van der Waals surface area contributed by atoms with Gasteiger partial charge in [-0.3, -0.25) is 0 Å². The highest BCUT2D eigenvalue weighted by Gasteiger charge is 2.36. The average molecular weight is 181 g/mol. The van der Waals surface area contributed by atoms with Crippen LogP contribution in [-0.2, 0) is 0 Å². The maximum absolute atomic E-state index is 10.6. The molecule has 1 saturated carbocycles. The third-order valence-electron chi connectivity index (χ3n) is 3.41. The molecule has 0 saturated heterocycles. The molecule has 0 spiro atoms. The molecule has 72 valence electrons. The fourth-order valence-corrected chi connectivity index (χ4v) is 2.67. The Hall–Kier alpha value is -0.860. The molecule has 2 rings (SSSR count). The van der Waals surface area contributed by atoms with Gasteiger partial charge in [0.05, 0.1) is 11.8 Å². The van der Waals surface area contributed by atoms with Gasteiger partial charge in [0.1, 0.15) is 0 Å². The van der Waals surface area contributed by atoms with E-state index in [1.54, 1.807) is 0 Å². The third-order valence-corrected chi connectivity index (χ3v) is 3.41. The van der Waals surface area contributed by atoms with Crippen molar-refractivity contribution < 1.29 is 5.11 Å². The Kier molecular flexibility index (Phi) is 2.34. The van der Waals surface area contributed by atoms with Crippen LogP contribution in [0.2, 0.25) is 0 Å². The van der Waals surface area contributed by atoms with Gasteiger partial charge >= 0.3 is 0 Å². The Morgan fingerprint density at radius 1 is 1.46 bits per heavy atom. The molecule has 3 atom stereocenters. The molecule has 0 heterocycles. The molecule has 0 aromatic carbocycles. The Labute approximate surface area is 77.8 Å². The predicted octanol–water partition coefficient (Wildman–Crippen LogP) is 2.77. The summed E-state index contributed by atoms with van der Waals surface area (Å²) >= 11 is 0. The van der Waals surface area contributed by atoms with Crippen LogP contribution in [0.25, 0.3) is 0 Å². The maximum atomic E-state index is 10.6. The lowest BCUT2D eigenvalue weighted by atomic mass is 9.70. The molecule has 2 aliphatic carbocycles. The summed E-state index contributed by atoms with van der Waals surface area (Å²) in [6.07, 6.45) is 6.72. The van der Waals surface area contributed by atoms with Crippen LogP contribution < -0.4 is 0 Å². The van der Waals surface area contributed by atoms with Crippen molar-refractivity contribution in [2.24, 2.45) is 17.0 Å². The second-order valence-electron chi connectivity index (χ2n) is 4.16. The summed E-state index contributed by atoms with van der Waals surface area (Å²) in [6.45, 7) is 0. The summed E-state index contributed by atoms with van der Waals surface area (Å²) in [5, 5.41) is 12.6. The van der Waals surface area contributed by atoms with Gasteiger partial charge in [0.25, 0.3) is 0 Å². The Morgan fingerprint density at radius 3 is 3.08 bits per heavy atom. The van der Waals surface area contributed by atoms with Gasteiger partial charge in [-0.25, -0.2) is 0 Å². The van der Waals surface area contributed by atoms with Gasteiger partial charge in [0.15, 0.2) is 0 Å². The smallest absolute Gasteiger partial charge is 0.0954 e. The lowest BCUT2D eigenvalue weighted by molar-refractivity contribution is 0.169. The normalized spacial score (nSPS) is 39.1. The Balaban J connectivity index is 2.12. The van der Waals surface area contributed by atoms with E-state index in [9.17, 15) is 10.0 Å². The molecule has 0 amide bonds. The van der Waals surface area contributed by atoms with E-state index >= 15 is 0 Å². The highest BCUT2D eigenvalue weighted by molar-refractivity contribution is 5.04. The number of rotatable bonds is 1. The summed E-state index contributed by atoms with van der Waals surface area (Å²) in [5.41, 5.74) is 0. The van der Waals surface area contributed by atoms with E-state index in [1.807, 2.05) is 6.08 Å². The highest BCUT2D eigenvalue weighted by atomic mass is 16.3. The van der Waals surface area contributed by atoms with Crippen LogP contribution in [0.15, 0.2) is 17.0 Å². The van der Waals surface area contributed by atoms with E-state index in [0.29, 0.717) is 24.0 Å². The molecule has 1 fully saturated rings. The van der Waals surface area contributed by atoms with Gasteiger partial charge in [-0.1, -0.05) is 11.6 Å². The number of nitrogens with zero attached hydrogens (tertiary/aromatic N) is 1. The van der Waals surface area contributed by atoms with E-state index in [4.69, 9.17) is 0 Å². The van der Waals surface area contributed by atoms with Crippen molar-refractivity contribution in [3.05, 3.63) is 16.7 Å².